The maximum absolute atomic E-state index is 5.62. The summed E-state index contributed by atoms with van der Waals surface area (Å²) in [6.07, 6.45) is 22.1. The molecule has 0 heterocycles. The minimum atomic E-state index is 0.855. The van der Waals surface area contributed by atoms with Crippen molar-refractivity contribution in [1.82, 2.24) is 0 Å². The second-order valence-corrected chi connectivity index (χ2v) is 8.04. The molecule has 0 spiro atoms. The van der Waals surface area contributed by atoms with E-state index in [2.05, 4.69) is 26.0 Å². The first-order valence-electron chi connectivity index (χ1n) is 10.6. The second-order valence-electron chi connectivity index (χ2n) is 8.04. The number of hydrogen-bond acceptors (Lipinski definition) is 1. The van der Waals surface area contributed by atoms with Gasteiger partial charge in [-0.2, -0.15) is 0 Å². The van der Waals surface area contributed by atoms with Crippen molar-refractivity contribution in [2.24, 2.45) is 23.7 Å². The van der Waals surface area contributed by atoms with Crippen molar-refractivity contribution >= 4 is 0 Å². The summed E-state index contributed by atoms with van der Waals surface area (Å²) >= 11 is 0. The van der Waals surface area contributed by atoms with Crippen LogP contribution in [0.1, 0.15) is 90.9 Å². The van der Waals surface area contributed by atoms with Gasteiger partial charge in [0.25, 0.3) is 0 Å². The van der Waals surface area contributed by atoms with Gasteiger partial charge < -0.3 is 4.74 Å². The Morgan fingerprint density at radius 2 is 1.48 bits per heavy atom. The molecule has 134 valence electrons. The third-order valence-electron chi connectivity index (χ3n) is 6.31. The molecular formula is C22H40O. The predicted molar refractivity (Wildman–Crippen MR) is 101 cm³/mol. The smallest absolute Gasteiger partial charge is 0.0494 e. The Labute approximate surface area is 145 Å². The molecule has 0 radical (unpaired) electrons. The summed E-state index contributed by atoms with van der Waals surface area (Å²) in [6.45, 7) is 6.30. The molecule has 0 unspecified atom stereocenters. The number of rotatable bonds is 9. The topological polar surface area (TPSA) is 9.23 Å². The molecule has 2 aliphatic rings. The van der Waals surface area contributed by atoms with E-state index in [-0.39, 0.29) is 0 Å². The van der Waals surface area contributed by atoms with Gasteiger partial charge in [0.15, 0.2) is 0 Å². The van der Waals surface area contributed by atoms with Crippen LogP contribution in [0.5, 0.6) is 0 Å². The van der Waals surface area contributed by atoms with Crippen LogP contribution in [0, 0.1) is 23.7 Å². The maximum Gasteiger partial charge on any atom is 0.0494 e. The first kappa shape index (κ1) is 19.0. The lowest BCUT2D eigenvalue weighted by molar-refractivity contribution is 0.0727. The van der Waals surface area contributed by atoms with Crippen LogP contribution in [0.3, 0.4) is 0 Å². The van der Waals surface area contributed by atoms with Crippen molar-refractivity contribution in [2.45, 2.75) is 90.9 Å². The van der Waals surface area contributed by atoms with Gasteiger partial charge in [0.05, 0.1) is 0 Å². The molecule has 2 saturated carbocycles. The van der Waals surface area contributed by atoms with E-state index >= 15 is 0 Å². The number of ether oxygens (including phenoxy) is 1. The van der Waals surface area contributed by atoms with E-state index in [0.29, 0.717) is 0 Å². The van der Waals surface area contributed by atoms with Crippen LogP contribution >= 0.6 is 0 Å². The average Bonchev–Trinajstić information content (AvgIpc) is 2.61. The number of unbranched alkanes of at least 4 members (excludes halogenated alkanes) is 3. The van der Waals surface area contributed by atoms with Gasteiger partial charge in [-0.25, -0.2) is 0 Å². The first-order valence-corrected chi connectivity index (χ1v) is 10.6. The quantitative estimate of drug-likeness (QED) is 0.336. The Morgan fingerprint density at radius 1 is 0.826 bits per heavy atom. The van der Waals surface area contributed by atoms with Crippen LogP contribution < -0.4 is 0 Å². The van der Waals surface area contributed by atoms with E-state index < -0.39 is 0 Å². The Hall–Kier alpha value is -0.300. The van der Waals surface area contributed by atoms with Gasteiger partial charge in [-0.1, -0.05) is 31.9 Å². The van der Waals surface area contributed by atoms with E-state index in [0.717, 1.165) is 36.9 Å². The summed E-state index contributed by atoms with van der Waals surface area (Å²) in [5, 5.41) is 0. The standard InChI is InChI=1S/C22H40O/c1-3-5-6-7-8-9-19-10-14-21(15-11-19)22-16-12-20(13-17-22)18-23-4-2/h8-9,19-22H,3-7,10-18H2,1-2H3/b9-8+/t19-,20?,21-,22?. The van der Waals surface area contributed by atoms with Gasteiger partial charge in [0.1, 0.15) is 0 Å². The largest absolute Gasteiger partial charge is 0.381 e. The molecule has 0 aromatic heterocycles. The fraction of sp³-hybridized carbons (Fsp3) is 0.909. The molecule has 2 aliphatic carbocycles. The molecule has 0 saturated heterocycles. The van der Waals surface area contributed by atoms with Crippen LogP contribution in [0.15, 0.2) is 12.2 Å². The van der Waals surface area contributed by atoms with Crippen molar-refractivity contribution < 1.29 is 4.74 Å². The monoisotopic (exact) mass is 320 g/mol. The van der Waals surface area contributed by atoms with Crippen molar-refractivity contribution in [3.63, 3.8) is 0 Å². The molecule has 0 N–H and O–H groups in total. The van der Waals surface area contributed by atoms with Crippen LogP contribution in [0.2, 0.25) is 0 Å². The zero-order valence-electron chi connectivity index (χ0n) is 15.8. The zero-order valence-corrected chi connectivity index (χ0v) is 15.8. The highest BCUT2D eigenvalue weighted by molar-refractivity contribution is 4.92. The summed E-state index contributed by atoms with van der Waals surface area (Å²) < 4.78 is 5.62. The minimum Gasteiger partial charge on any atom is -0.381 e. The molecule has 0 aliphatic heterocycles. The second kappa shape index (κ2) is 11.3. The predicted octanol–water partition coefficient (Wildman–Crippen LogP) is 6.77. The Kier molecular flexibility index (Phi) is 9.34. The lowest BCUT2D eigenvalue weighted by atomic mass is 9.69. The highest BCUT2D eigenvalue weighted by Gasteiger charge is 2.30. The molecule has 0 amide bonds. The third-order valence-corrected chi connectivity index (χ3v) is 6.31. The van der Waals surface area contributed by atoms with Crippen LogP contribution in [-0.2, 0) is 4.74 Å². The van der Waals surface area contributed by atoms with Crippen LogP contribution in [0.25, 0.3) is 0 Å². The van der Waals surface area contributed by atoms with Crippen molar-refractivity contribution in [1.29, 1.82) is 0 Å². The average molecular weight is 321 g/mol. The molecule has 2 fully saturated rings. The first-order chi connectivity index (χ1) is 11.3. The summed E-state index contributed by atoms with van der Waals surface area (Å²) in [5.74, 6) is 3.81. The number of allylic oxidation sites excluding steroid dienone is 2. The van der Waals surface area contributed by atoms with Gasteiger partial charge in [-0.15, -0.1) is 0 Å². The number of hydrogen-bond donors (Lipinski definition) is 0. The maximum atomic E-state index is 5.62. The van der Waals surface area contributed by atoms with E-state index in [1.54, 1.807) is 0 Å². The van der Waals surface area contributed by atoms with Crippen molar-refractivity contribution in [3.8, 4) is 0 Å². The Bertz CT molecular complexity index is 306. The molecule has 1 nitrogen and oxygen atoms in total. The molecule has 0 bridgehead atoms. The minimum absolute atomic E-state index is 0.855. The van der Waals surface area contributed by atoms with Crippen molar-refractivity contribution in [2.75, 3.05) is 13.2 Å². The summed E-state index contributed by atoms with van der Waals surface area (Å²) in [6, 6.07) is 0. The van der Waals surface area contributed by atoms with E-state index in [9.17, 15) is 0 Å². The Morgan fingerprint density at radius 3 is 2.09 bits per heavy atom. The highest BCUT2D eigenvalue weighted by atomic mass is 16.5. The van der Waals surface area contributed by atoms with E-state index in [1.807, 2.05) is 0 Å². The van der Waals surface area contributed by atoms with Crippen molar-refractivity contribution in [3.05, 3.63) is 12.2 Å². The molecule has 23 heavy (non-hydrogen) atoms. The molecule has 0 atom stereocenters. The fourth-order valence-corrected chi connectivity index (χ4v) is 4.72. The van der Waals surface area contributed by atoms with Gasteiger partial charge in [0.2, 0.25) is 0 Å². The van der Waals surface area contributed by atoms with Gasteiger partial charge >= 0.3 is 0 Å². The van der Waals surface area contributed by atoms with E-state index in [1.165, 1.54) is 77.0 Å². The third kappa shape index (κ3) is 6.99. The van der Waals surface area contributed by atoms with Gasteiger partial charge in [-0.05, 0) is 94.8 Å². The van der Waals surface area contributed by atoms with E-state index in [4.69, 9.17) is 4.74 Å². The lowest BCUT2D eigenvalue weighted by Gasteiger charge is -2.37. The summed E-state index contributed by atoms with van der Waals surface area (Å²) in [5.41, 5.74) is 0. The fourth-order valence-electron chi connectivity index (χ4n) is 4.72. The zero-order chi connectivity index (χ0) is 16.3. The summed E-state index contributed by atoms with van der Waals surface area (Å²) in [7, 11) is 0. The highest BCUT2D eigenvalue weighted by Crippen LogP contribution is 2.41. The normalized spacial score (nSPS) is 32.4. The molecule has 2 rings (SSSR count). The SMILES string of the molecule is CCCCC/C=C/[C@H]1CC[C@H](C2CCC(COCC)CC2)CC1. The lowest BCUT2D eigenvalue weighted by Crippen LogP contribution is -2.26. The van der Waals surface area contributed by atoms with Crippen LogP contribution in [-0.4, -0.2) is 13.2 Å². The molecule has 1 heteroatoms. The molecule has 0 aromatic rings. The molecule has 0 aromatic carbocycles. The Balaban J connectivity index is 1.59. The molecular weight excluding hydrogens is 280 g/mol. The van der Waals surface area contributed by atoms with Gasteiger partial charge in [0, 0.05) is 13.2 Å². The van der Waals surface area contributed by atoms with Gasteiger partial charge in [-0.3, -0.25) is 0 Å². The van der Waals surface area contributed by atoms with Crippen LogP contribution in [0.4, 0.5) is 0 Å². The summed E-state index contributed by atoms with van der Waals surface area (Å²) in [4.78, 5) is 0.